The Kier molecular flexibility index (Phi) is 5.19. The lowest BCUT2D eigenvalue weighted by Crippen LogP contribution is -2.22. The first-order valence-electron chi connectivity index (χ1n) is 5.91. The first-order valence-corrected chi connectivity index (χ1v) is 7.17. The van der Waals surface area contributed by atoms with Crippen LogP contribution in [0.25, 0.3) is 0 Å². The molecule has 0 atom stereocenters. The number of carbonyl (C=O) groups excluding carboxylic acids is 1. The van der Waals surface area contributed by atoms with Gasteiger partial charge < -0.3 is 10.4 Å². The normalized spacial score (nSPS) is 9.70. The lowest BCUT2D eigenvalue weighted by molar-refractivity contribution is 0.0951. The summed E-state index contributed by atoms with van der Waals surface area (Å²) in [5.41, 5.74) is 1.28. The number of nitrogens with one attached hydrogen (secondary N) is 1. The molecule has 0 saturated carbocycles. The summed E-state index contributed by atoms with van der Waals surface area (Å²) in [5, 5.41) is 13.8. The third-order valence-electron chi connectivity index (χ3n) is 2.58. The van der Waals surface area contributed by atoms with Gasteiger partial charge in [-0.2, -0.15) is 0 Å². The molecule has 1 aromatic carbocycles. The van der Waals surface area contributed by atoms with E-state index in [0.717, 1.165) is 10.4 Å². The monoisotopic (exact) mass is 305 g/mol. The number of amides is 1. The maximum atomic E-state index is 12.0. The zero-order valence-corrected chi connectivity index (χ0v) is 12.1. The summed E-state index contributed by atoms with van der Waals surface area (Å²) in [4.78, 5) is 13.0. The van der Waals surface area contributed by atoms with Gasteiger partial charge in [-0.3, -0.25) is 4.79 Å². The first kappa shape index (κ1) is 14.6. The number of thiophene rings is 1. The number of rotatable bonds is 3. The molecule has 0 radical (unpaired) electrons. The maximum Gasteiger partial charge on any atom is 0.253 e. The number of halogens is 1. The molecule has 0 fully saturated rings. The minimum absolute atomic E-state index is 0.179. The molecule has 0 saturated heterocycles. The fourth-order valence-electron chi connectivity index (χ4n) is 1.62. The maximum absolute atomic E-state index is 12.0. The van der Waals surface area contributed by atoms with Crippen LogP contribution in [0.1, 0.15) is 20.8 Å². The number of benzene rings is 1. The lowest BCUT2D eigenvalue weighted by atomic mass is 10.2. The minimum Gasteiger partial charge on any atom is -0.384 e. The van der Waals surface area contributed by atoms with Gasteiger partial charge in [0.25, 0.3) is 5.91 Å². The van der Waals surface area contributed by atoms with Gasteiger partial charge in [0.1, 0.15) is 6.61 Å². The molecular weight excluding hydrogens is 294 g/mol. The van der Waals surface area contributed by atoms with Crippen molar-refractivity contribution in [2.45, 2.75) is 6.54 Å². The largest absolute Gasteiger partial charge is 0.384 e. The van der Waals surface area contributed by atoms with Crippen LogP contribution in [0.4, 0.5) is 0 Å². The van der Waals surface area contributed by atoms with E-state index in [1.165, 1.54) is 11.3 Å². The highest BCUT2D eigenvalue weighted by Crippen LogP contribution is 2.17. The molecule has 0 aliphatic heterocycles. The molecule has 102 valence electrons. The van der Waals surface area contributed by atoms with Crippen molar-refractivity contribution in [2.24, 2.45) is 0 Å². The molecule has 0 spiro atoms. The van der Waals surface area contributed by atoms with Crippen LogP contribution in [-0.4, -0.2) is 17.6 Å². The van der Waals surface area contributed by atoms with Gasteiger partial charge in [-0.15, -0.1) is 11.3 Å². The summed E-state index contributed by atoms with van der Waals surface area (Å²) >= 11 is 7.48. The van der Waals surface area contributed by atoms with Gasteiger partial charge in [0.2, 0.25) is 0 Å². The third kappa shape index (κ3) is 3.61. The molecular formula is C15H12ClNO2S. The zero-order chi connectivity index (χ0) is 14.4. The smallest absolute Gasteiger partial charge is 0.253 e. The van der Waals surface area contributed by atoms with Crippen molar-refractivity contribution in [1.29, 1.82) is 0 Å². The van der Waals surface area contributed by atoms with Crippen LogP contribution in [-0.2, 0) is 6.54 Å². The molecule has 2 N–H and O–H groups in total. The predicted molar refractivity (Wildman–Crippen MR) is 80.9 cm³/mol. The van der Waals surface area contributed by atoms with Gasteiger partial charge in [-0.05, 0) is 23.6 Å². The van der Waals surface area contributed by atoms with E-state index in [1.54, 1.807) is 24.3 Å². The summed E-state index contributed by atoms with van der Waals surface area (Å²) < 4.78 is 0. The highest BCUT2D eigenvalue weighted by molar-refractivity contribution is 7.10. The van der Waals surface area contributed by atoms with Crippen molar-refractivity contribution in [2.75, 3.05) is 6.61 Å². The summed E-state index contributed by atoms with van der Waals surface area (Å²) in [7, 11) is 0. The Labute approximate surface area is 126 Å². The number of hydrogen-bond acceptors (Lipinski definition) is 3. The van der Waals surface area contributed by atoms with Crippen LogP contribution >= 0.6 is 22.9 Å². The second kappa shape index (κ2) is 7.11. The van der Waals surface area contributed by atoms with Crippen molar-refractivity contribution < 1.29 is 9.90 Å². The zero-order valence-electron chi connectivity index (χ0n) is 10.5. The van der Waals surface area contributed by atoms with Gasteiger partial charge in [0, 0.05) is 10.4 Å². The van der Waals surface area contributed by atoms with Gasteiger partial charge in [-0.25, -0.2) is 0 Å². The van der Waals surface area contributed by atoms with E-state index in [0.29, 0.717) is 17.1 Å². The van der Waals surface area contributed by atoms with Crippen LogP contribution in [0.15, 0.2) is 35.7 Å². The van der Waals surface area contributed by atoms with Crippen molar-refractivity contribution in [3.63, 3.8) is 0 Å². The second-order valence-corrected chi connectivity index (χ2v) is 5.29. The van der Waals surface area contributed by atoms with E-state index in [1.807, 2.05) is 11.4 Å². The second-order valence-electron chi connectivity index (χ2n) is 3.88. The summed E-state index contributed by atoms with van der Waals surface area (Å²) in [6, 6.07) is 8.77. The molecule has 0 unspecified atom stereocenters. The van der Waals surface area contributed by atoms with Crippen LogP contribution in [0.5, 0.6) is 0 Å². The molecule has 2 rings (SSSR count). The predicted octanol–water partition coefficient (Wildman–Crippen LogP) is 2.68. The van der Waals surface area contributed by atoms with Crippen LogP contribution < -0.4 is 5.32 Å². The molecule has 3 nitrogen and oxygen atoms in total. The molecule has 20 heavy (non-hydrogen) atoms. The van der Waals surface area contributed by atoms with Crippen LogP contribution in [0.3, 0.4) is 0 Å². The Balaban J connectivity index is 2.04. The topological polar surface area (TPSA) is 49.3 Å². The van der Waals surface area contributed by atoms with Gasteiger partial charge >= 0.3 is 0 Å². The summed E-state index contributed by atoms with van der Waals surface area (Å²) in [5.74, 6) is 5.23. The lowest BCUT2D eigenvalue weighted by Gasteiger charge is -2.05. The minimum atomic E-state index is -0.218. The molecule has 1 heterocycles. The highest BCUT2D eigenvalue weighted by Gasteiger charge is 2.10. The Morgan fingerprint density at radius 1 is 1.35 bits per heavy atom. The molecule has 5 heteroatoms. The first-order chi connectivity index (χ1) is 9.72. The molecule has 0 bridgehead atoms. The standard InChI is InChI=1S/C15H12ClNO2S/c16-13-6-2-1-5-12(13)15(19)17-10-14-11(4-3-8-18)7-9-20-14/h1-2,5-7,9,18H,8,10H2,(H,17,19). The highest BCUT2D eigenvalue weighted by atomic mass is 35.5. The Hall–Kier alpha value is -1.80. The van der Waals surface area contributed by atoms with E-state index >= 15 is 0 Å². The van der Waals surface area contributed by atoms with E-state index in [9.17, 15) is 4.79 Å². The van der Waals surface area contributed by atoms with Gasteiger partial charge in [-0.1, -0.05) is 35.6 Å². The quantitative estimate of drug-likeness (QED) is 0.857. The Bertz CT molecular complexity index is 670. The van der Waals surface area contributed by atoms with E-state index in [-0.39, 0.29) is 12.5 Å². The van der Waals surface area contributed by atoms with Crippen molar-refractivity contribution in [3.8, 4) is 11.8 Å². The van der Waals surface area contributed by atoms with Gasteiger partial charge in [0.05, 0.1) is 17.1 Å². The Morgan fingerprint density at radius 2 is 2.15 bits per heavy atom. The molecule has 2 aromatic rings. The third-order valence-corrected chi connectivity index (χ3v) is 3.83. The van der Waals surface area contributed by atoms with E-state index in [4.69, 9.17) is 16.7 Å². The van der Waals surface area contributed by atoms with E-state index in [2.05, 4.69) is 17.2 Å². The van der Waals surface area contributed by atoms with Gasteiger partial charge in [0.15, 0.2) is 0 Å². The number of aliphatic hydroxyl groups is 1. The van der Waals surface area contributed by atoms with E-state index < -0.39 is 0 Å². The van der Waals surface area contributed by atoms with Crippen molar-refractivity contribution in [3.05, 3.63) is 56.7 Å². The SMILES string of the molecule is O=C(NCc1sccc1C#CCO)c1ccccc1Cl. The summed E-state index contributed by atoms with van der Waals surface area (Å²) in [6.07, 6.45) is 0. The van der Waals surface area contributed by atoms with Crippen molar-refractivity contribution >= 4 is 28.8 Å². The fraction of sp³-hybridized carbons (Fsp3) is 0.133. The summed E-state index contributed by atoms with van der Waals surface area (Å²) in [6.45, 7) is 0.207. The Morgan fingerprint density at radius 3 is 2.90 bits per heavy atom. The molecule has 1 aromatic heterocycles. The molecule has 0 aliphatic carbocycles. The van der Waals surface area contributed by atoms with Crippen molar-refractivity contribution in [1.82, 2.24) is 5.32 Å². The average Bonchev–Trinajstić information content (AvgIpc) is 2.90. The van der Waals surface area contributed by atoms with Crippen LogP contribution in [0, 0.1) is 11.8 Å². The average molecular weight is 306 g/mol. The number of hydrogen-bond donors (Lipinski definition) is 2. The number of aliphatic hydroxyl groups excluding tert-OH is 1. The fourth-order valence-corrected chi connectivity index (χ4v) is 2.62. The molecule has 1 amide bonds. The van der Waals surface area contributed by atoms with Crippen LogP contribution in [0.2, 0.25) is 5.02 Å². The molecule has 0 aliphatic rings. The number of carbonyl (C=O) groups is 1.